The van der Waals surface area contributed by atoms with Gasteiger partial charge in [-0.2, -0.15) is 4.31 Å². The molecule has 0 amide bonds. The van der Waals surface area contributed by atoms with Gasteiger partial charge in [-0.05, 0) is 42.0 Å². The second-order valence-corrected chi connectivity index (χ2v) is 9.26. The van der Waals surface area contributed by atoms with Crippen LogP contribution in [0.4, 0.5) is 0 Å². The normalized spacial score (nSPS) is 23.9. The number of hydrogen-bond acceptors (Lipinski definition) is 3. The lowest BCUT2D eigenvalue weighted by molar-refractivity contribution is 0.0965. The summed E-state index contributed by atoms with van der Waals surface area (Å²) in [7, 11) is -3.98. The molecule has 1 saturated heterocycles. The second-order valence-electron chi connectivity index (χ2n) is 6.44. The fourth-order valence-corrected chi connectivity index (χ4v) is 5.89. The molecular weight excluding hydrogens is 417 g/mol. The third-order valence-electron chi connectivity index (χ3n) is 4.69. The van der Waals surface area contributed by atoms with E-state index in [1.54, 1.807) is 66.7 Å². The average Bonchev–Trinajstić information content (AvgIpc) is 3.37. The highest BCUT2D eigenvalue weighted by molar-refractivity contribution is 7.89. The number of sulfonamides is 1. The predicted molar refractivity (Wildman–Crippen MR) is 109 cm³/mol. The highest BCUT2D eigenvalue weighted by Crippen LogP contribution is 2.60. The Morgan fingerprint density at radius 1 is 0.857 bits per heavy atom. The summed E-state index contributed by atoms with van der Waals surface area (Å²) in [4.78, 5) is 11.6. The van der Waals surface area contributed by atoms with E-state index in [2.05, 4.69) is 0 Å². The minimum absolute atomic E-state index is 0.0855. The summed E-state index contributed by atoms with van der Waals surface area (Å²) < 4.78 is 27.6. The second kappa shape index (κ2) is 7.01. The maximum Gasteiger partial charge on any atom is 0.245 e. The van der Waals surface area contributed by atoms with Crippen molar-refractivity contribution in [3.8, 4) is 0 Å². The molecule has 1 aliphatic rings. The molecule has 1 unspecified atom stereocenters. The highest BCUT2D eigenvalue weighted by Gasteiger charge is 2.73. The first-order valence-corrected chi connectivity index (χ1v) is 10.7. The summed E-state index contributed by atoms with van der Waals surface area (Å²) in [5.74, 6) is -0.487. The van der Waals surface area contributed by atoms with Crippen LogP contribution in [0.2, 0.25) is 5.02 Å². The van der Waals surface area contributed by atoms with Crippen molar-refractivity contribution in [1.82, 2.24) is 4.31 Å². The van der Waals surface area contributed by atoms with Gasteiger partial charge in [0.15, 0.2) is 5.00 Å². The third-order valence-corrected chi connectivity index (χ3v) is 7.49. The lowest BCUT2D eigenvalue weighted by Crippen LogP contribution is -2.27. The van der Waals surface area contributed by atoms with Crippen molar-refractivity contribution in [3.05, 3.63) is 101 Å². The maximum atomic E-state index is 13.3. The molecule has 1 fully saturated rings. The van der Waals surface area contributed by atoms with Crippen LogP contribution in [0.1, 0.15) is 22.0 Å². The molecule has 1 aliphatic heterocycles. The molecule has 0 saturated carbocycles. The Hall–Kier alpha value is -2.18. The van der Waals surface area contributed by atoms with Crippen LogP contribution in [0, 0.1) is 0 Å². The van der Waals surface area contributed by atoms with Gasteiger partial charge >= 0.3 is 0 Å². The maximum absolute atomic E-state index is 13.3. The van der Waals surface area contributed by atoms with E-state index >= 15 is 0 Å². The summed E-state index contributed by atoms with van der Waals surface area (Å²) in [5, 5.41) is 0.476. The molecule has 0 radical (unpaired) electrons. The number of hydrogen-bond donors (Lipinski definition) is 0. The first-order valence-electron chi connectivity index (χ1n) is 8.50. The van der Waals surface area contributed by atoms with E-state index in [-0.39, 0.29) is 4.90 Å². The van der Waals surface area contributed by atoms with Gasteiger partial charge in [0.25, 0.3) is 0 Å². The number of nitrogens with zero attached hydrogens (tertiary/aromatic N) is 1. The van der Waals surface area contributed by atoms with Crippen molar-refractivity contribution in [1.29, 1.82) is 0 Å². The minimum Gasteiger partial charge on any atom is -0.291 e. The quantitative estimate of drug-likeness (QED) is 0.249. The molecular formula is C21H15Cl2NO3S. The zero-order valence-corrected chi connectivity index (χ0v) is 16.8. The number of halogens is 2. The van der Waals surface area contributed by atoms with Gasteiger partial charge in [-0.15, -0.1) is 0 Å². The summed E-state index contributed by atoms with van der Waals surface area (Å²) >= 11 is 12.6. The largest absolute Gasteiger partial charge is 0.291 e. The number of rotatable bonds is 5. The topological polar surface area (TPSA) is 54.2 Å². The molecule has 4 nitrogen and oxygen atoms in total. The molecule has 1 heterocycles. The van der Waals surface area contributed by atoms with Crippen LogP contribution >= 0.6 is 23.2 Å². The van der Waals surface area contributed by atoms with E-state index in [1.807, 2.05) is 6.07 Å². The van der Waals surface area contributed by atoms with Gasteiger partial charge in [-0.1, -0.05) is 71.7 Å². The first kappa shape index (κ1) is 19.2. The summed E-state index contributed by atoms with van der Waals surface area (Å²) in [5.41, 5.74) is 0.949. The van der Waals surface area contributed by atoms with Crippen LogP contribution in [0.3, 0.4) is 0 Å². The highest BCUT2D eigenvalue weighted by atomic mass is 35.5. The van der Waals surface area contributed by atoms with Crippen molar-refractivity contribution < 1.29 is 13.2 Å². The van der Waals surface area contributed by atoms with Gasteiger partial charge in [-0.3, -0.25) is 4.79 Å². The molecule has 0 N–H and O–H groups in total. The zero-order valence-electron chi connectivity index (χ0n) is 14.5. The van der Waals surface area contributed by atoms with E-state index in [9.17, 15) is 13.2 Å². The average molecular weight is 432 g/mol. The Bertz CT molecular complexity index is 1120. The van der Waals surface area contributed by atoms with E-state index in [4.69, 9.17) is 23.2 Å². The molecule has 0 spiro atoms. The molecule has 0 aliphatic carbocycles. The number of alkyl halides is 1. The van der Waals surface area contributed by atoms with Crippen LogP contribution in [0.5, 0.6) is 0 Å². The summed E-state index contributed by atoms with van der Waals surface area (Å²) in [6.45, 7) is 0. The Balaban J connectivity index is 1.81. The van der Waals surface area contributed by atoms with Crippen LogP contribution in [0.25, 0.3) is 0 Å². The fraction of sp³-hybridized carbons (Fsp3) is 0.0952. The molecule has 28 heavy (non-hydrogen) atoms. The Kier molecular flexibility index (Phi) is 4.79. The lowest BCUT2D eigenvalue weighted by Gasteiger charge is -2.10. The molecule has 4 rings (SSSR count). The van der Waals surface area contributed by atoms with Gasteiger partial charge in [0, 0.05) is 10.6 Å². The van der Waals surface area contributed by atoms with E-state index in [1.165, 1.54) is 12.1 Å². The van der Waals surface area contributed by atoms with E-state index in [0.717, 1.165) is 4.31 Å². The van der Waals surface area contributed by atoms with Crippen molar-refractivity contribution in [3.63, 3.8) is 0 Å². The number of carbonyl (C=O) groups excluding carboxylic acids is 1. The van der Waals surface area contributed by atoms with Gasteiger partial charge in [0.2, 0.25) is 15.8 Å². The molecule has 3 aromatic carbocycles. The van der Waals surface area contributed by atoms with Gasteiger partial charge in [0.05, 0.1) is 10.9 Å². The number of carbonyl (C=O) groups is 1. The number of ketones is 1. The molecule has 0 bridgehead atoms. The zero-order chi connectivity index (χ0) is 19.9. The summed E-state index contributed by atoms with van der Waals surface area (Å²) in [6, 6.07) is 22.3. The Morgan fingerprint density at radius 3 is 1.96 bits per heavy atom. The summed E-state index contributed by atoms with van der Waals surface area (Å²) in [6.07, 6.45) is 0. The monoisotopic (exact) mass is 431 g/mol. The van der Waals surface area contributed by atoms with Gasteiger partial charge in [0.1, 0.15) is 0 Å². The van der Waals surface area contributed by atoms with Crippen LogP contribution in [0.15, 0.2) is 89.8 Å². The van der Waals surface area contributed by atoms with E-state index in [0.29, 0.717) is 16.1 Å². The number of benzene rings is 3. The van der Waals surface area contributed by atoms with Gasteiger partial charge < -0.3 is 0 Å². The van der Waals surface area contributed by atoms with Crippen molar-refractivity contribution in [2.24, 2.45) is 0 Å². The first-order chi connectivity index (χ1) is 13.4. The van der Waals surface area contributed by atoms with Gasteiger partial charge in [-0.25, -0.2) is 8.42 Å². The lowest BCUT2D eigenvalue weighted by atomic mass is 10.0. The fourth-order valence-electron chi connectivity index (χ4n) is 3.29. The van der Waals surface area contributed by atoms with Crippen LogP contribution in [-0.2, 0) is 10.0 Å². The van der Waals surface area contributed by atoms with Crippen LogP contribution in [-0.4, -0.2) is 23.5 Å². The molecule has 0 aromatic heterocycles. The molecule has 3 atom stereocenters. The van der Waals surface area contributed by atoms with Crippen molar-refractivity contribution in [2.45, 2.75) is 15.9 Å². The minimum atomic E-state index is -3.98. The predicted octanol–water partition coefficient (Wildman–Crippen LogP) is 4.90. The third kappa shape index (κ3) is 3.05. The van der Waals surface area contributed by atoms with Crippen molar-refractivity contribution >= 4 is 39.0 Å². The van der Waals surface area contributed by atoms with Crippen molar-refractivity contribution in [2.75, 3.05) is 0 Å². The SMILES string of the molecule is O=C(c1ccc(Cl)cc1)[C@]1(Cl)[C@@H](c2ccccc2)N1S(=O)(=O)c1ccccc1. The smallest absolute Gasteiger partial charge is 0.245 e. The number of Topliss-reactive ketones (excluding diaryl/α,β-unsaturated/α-hetero) is 1. The Labute approximate surface area is 173 Å². The van der Waals surface area contributed by atoms with Crippen LogP contribution < -0.4 is 0 Å². The molecule has 7 heteroatoms. The standard InChI is InChI=1S/C21H15Cl2NO3S/c22-17-13-11-16(12-14-17)20(25)21(23)19(15-7-3-1-4-8-15)24(21)28(26,27)18-9-5-2-6-10-18/h1-14,19H/t19-,21+,24?/m1/s1. The molecule has 142 valence electrons. The molecule has 3 aromatic rings. The van der Waals surface area contributed by atoms with E-state index < -0.39 is 26.8 Å². The Morgan fingerprint density at radius 2 is 1.39 bits per heavy atom.